The number of aliphatic hydroxyl groups is 1. The van der Waals surface area contributed by atoms with E-state index in [-0.39, 0.29) is 12.7 Å². The van der Waals surface area contributed by atoms with Crippen LogP contribution in [0.1, 0.15) is 25.7 Å². The van der Waals surface area contributed by atoms with Crippen LogP contribution < -0.4 is 5.32 Å². The van der Waals surface area contributed by atoms with E-state index in [9.17, 15) is 0 Å². The molecule has 4 nitrogen and oxygen atoms in total. The highest BCUT2D eigenvalue weighted by atomic mass is 16.5. The summed E-state index contributed by atoms with van der Waals surface area (Å²) in [7, 11) is 2.06. The van der Waals surface area contributed by atoms with Crippen LogP contribution in [0.3, 0.4) is 0 Å². The minimum absolute atomic E-state index is 0.0378. The summed E-state index contributed by atoms with van der Waals surface area (Å²) in [6.07, 6.45) is 5.16. The highest BCUT2D eigenvalue weighted by Gasteiger charge is 2.29. The maximum absolute atomic E-state index is 9.13. The molecule has 94 valence electrons. The van der Waals surface area contributed by atoms with Crippen molar-refractivity contribution < 1.29 is 9.84 Å². The van der Waals surface area contributed by atoms with E-state index in [2.05, 4.69) is 17.3 Å². The number of nitrogens with zero attached hydrogens (tertiary/aromatic N) is 1. The first-order chi connectivity index (χ1) is 7.83. The maximum atomic E-state index is 9.13. The molecule has 2 N–H and O–H groups in total. The smallest absolute Gasteiger partial charge is 0.0932 e. The van der Waals surface area contributed by atoms with Gasteiger partial charge in [0.25, 0.3) is 0 Å². The van der Waals surface area contributed by atoms with Crippen LogP contribution in [0.2, 0.25) is 0 Å². The summed E-state index contributed by atoms with van der Waals surface area (Å²) in [5.74, 6) is 0. The summed E-state index contributed by atoms with van der Waals surface area (Å²) in [6, 6.07) is 1.42. The molecular weight excluding hydrogens is 204 g/mol. The van der Waals surface area contributed by atoms with Crippen LogP contribution in [-0.4, -0.2) is 61.5 Å². The van der Waals surface area contributed by atoms with Gasteiger partial charge in [-0.2, -0.15) is 0 Å². The molecule has 1 saturated heterocycles. The summed E-state index contributed by atoms with van der Waals surface area (Å²) >= 11 is 0. The Morgan fingerprint density at radius 1 is 1.31 bits per heavy atom. The number of aliphatic hydroxyl groups excluding tert-OH is 1. The summed E-state index contributed by atoms with van der Waals surface area (Å²) in [5.41, 5.74) is 0. The van der Waals surface area contributed by atoms with Gasteiger partial charge in [0.1, 0.15) is 0 Å². The van der Waals surface area contributed by atoms with Gasteiger partial charge in [0, 0.05) is 25.2 Å². The molecule has 0 aromatic rings. The molecule has 2 fully saturated rings. The maximum Gasteiger partial charge on any atom is 0.0932 e. The van der Waals surface area contributed by atoms with Gasteiger partial charge in [0.15, 0.2) is 0 Å². The molecule has 1 aliphatic carbocycles. The van der Waals surface area contributed by atoms with E-state index < -0.39 is 0 Å². The quantitative estimate of drug-likeness (QED) is 0.725. The fourth-order valence-corrected chi connectivity index (χ4v) is 2.91. The first-order valence-electron chi connectivity index (χ1n) is 6.47. The predicted octanol–water partition coefficient (Wildman–Crippen LogP) is 0.210. The molecule has 1 heterocycles. The SMILES string of the molecule is CNC1CCC(N2CCOC(CO)C2)CC1. The molecule has 0 amide bonds. The summed E-state index contributed by atoms with van der Waals surface area (Å²) < 4.78 is 5.49. The van der Waals surface area contributed by atoms with Crippen molar-refractivity contribution in [2.45, 2.75) is 43.9 Å². The Bertz CT molecular complexity index is 205. The first kappa shape index (κ1) is 12.3. The molecule has 1 aliphatic heterocycles. The van der Waals surface area contributed by atoms with Gasteiger partial charge in [0.2, 0.25) is 0 Å². The van der Waals surface area contributed by atoms with E-state index in [1.165, 1.54) is 25.7 Å². The van der Waals surface area contributed by atoms with Crippen molar-refractivity contribution in [3.8, 4) is 0 Å². The zero-order valence-electron chi connectivity index (χ0n) is 10.2. The zero-order chi connectivity index (χ0) is 11.4. The molecule has 1 atom stereocenters. The van der Waals surface area contributed by atoms with Crippen LogP contribution in [0.5, 0.6) is 0 Å². The Balaban J connectivity index is 1.79. The molecule has 1 saturated carbocycles. The normalized spacial score (nSPS) is 37.5. The Morgan fingerprint density at radius 3 is 2.69 bits per heavy atom. The van der Waals surface area contributed by atoms with Crippen molar-refractivity contribution in [3.63, 3.8) is 0 Å². The van der Waals surface area contributed by atoms with Gasteiger partial charge >= 0.3 is 0 Å². The number of hydrogen-bond acceptors (Lipinski definition) is 4. The Kier molecular flexibility index (Phi) is 4.58. The van der Waals surface area contributed by atoms with Gasteiger partial charge in [-0.25, -0.2) is 0 Å². The van der Waals surface area contributed by atoms with Gasteiger partial charge in [-0.15, -0.1) is 0 Å². The highest BCUT2D eigenvalue weighted by molar-refractivity contribution is 4.84. The summed E-state index contributed by atoms with van der Waals surface area (Å²) in [5, 5.41) is 12.5. The monoisotopic (exact) mass is 228 g/mol. The van der Waals surface area contributed by atoms with Crippen LogP contribution in [-0.2, 0) is 4.74 Å². The minimum atomic E-state index is 0.0378. The van der Waals surface area contributed by atoms with Crippen molar-refractivity contribution in [2.24, 2.45) is 0 Å². The van der Waals surface area contributed by atoms with Crippen LogP contribution in [0, 0.1) is 0 Å². The first-order valence-corrected chi connectivity index (χ1v) is 6.47. The van der Waals surface area contributed by atoms with E-state index in [1.807, 2.05) is 0 Å². The van der Waals surface area contributed by atoms with Crippen LogP contribution >= 0.6 is 0 Å². The topological polar surface area (TPSA) is 44.7 Å². The lowest BCUT2D eigenvalue weighted by molar-refractivity contribution is -0.0691. The van der Waals surface area contributed by atoms with E-state index in [0.717, 1.165) is 19.7 Å². The molecule has 2 rings (SSSR count). The lowest BCUT2D eigenvalue weighted by Crippen LogP contribution is -2.50. The minimum Gasteiger partial charge on any atom is -0.394 e. The van der Waals surface area contributed by atoms with Crippen LogP contribution in [0.25, 0.3) is 0 Å². The Morgan fingerprint density at radius 2 is 2.06 bits per heavy atom. The number of ether oxygens (including phenoxy) is 1. The molecule has 0 bridgehead atoms. The third-order valence-corrected chi connectivity index (χ3v) is 4.00. The van der Waals surface area contributed by atoms with E-state index >= 15 is 0 Å². The zero-order valence-corrected chi connectivity index (χ0v) is 10.2. The Labute approximate surface area is 98.0 Å². The van der Waals surface area contributed by atoms with E-state index in [4.69, 9.17) is 9.84 Å². The highest BCUT2D eigenvalue weighted by Crippen LogP contribution is 2.24. The average Bonchev–Trinajstić information content (AvgIpc) is 2.39. The lowest BCUT2D eigenvalue weighted by Gasteiger charge is -2.41. The third-order valence-electron chi connectivity index (χ3n) is 4.00. The molecule has 1 unspecified atom stereocenters. The van der Waals surface area contributed by atoms with Crippen LogP contribution in [0.4, 0.5) is 0 Å². The second-order valence-electron chi connectivity index (χ2n) is 4.96. The Hall–Kier alpha value is -0.160. The average molecular weight is 228 g/mol. The predicted molar refractivity (Wildman–Crippen MR) is 63.5 cm³/mol. The molecule has 0 spiro atoms. The van der Waals surface area contributed by atoms with E-state index in [0.29, 0.717) is 12.1 Å². The van der Waals surface area contributed by atoms with Crippen LogP contribution in [0.15, 0.2) is 0 Å². The van der Waals surface area contributed by atoms with Crippen molar-refractivity contribution in [2.75, 3.05) is 33.4 Å². The molecule has 0 aromatic heterocycles. The van der Waals surface area contributed by atoms with Gasteiger partial charge < -0.3 is 15.2 Å². The molecule has 0 radical (unpaired) electrons. The second-order valence-corrected chi connectivity index (χ2v) is 4.96. The number of morpholine rings is 1. The number of nitrogens with one attached hydrogen (secondary N) is 1. The molecular formula is C12H24N2O2. The third kappa shape index (κ3) is 2.94. The van der Waals surface area contributed by atoms with Crippen molar-refractivity contribution in [3.05, 3.63) is 0 Å². The molecule has 2 aliphatic rings. The van der Waals surface area contributed by atoms with Gasteiger partial charge in [-0.05, 0) is 32.7 Å². The second kappa shape index (κ2) is 5.96. The van der Waals surface area contributed by atoms with Crippen molar-refractivity contribution in [1.29, 1.82) is 0 Å². The van der Waals surface area contributed by atoms with E-state index in [1.54, 1.807) is 0 Å². The fraction of sp³-hybridized carbons (Fsp3) is 1.00. The lowest BCUT2D eigenvalue weighted by atomic mass is 9.90. The summed E-state index contributed by atoms with van der Waals surface area (Å²) in [4.78, 5) is 2.51. The van der Waals surface area contributed by atoms with Gasteiger partial charge in [-0.1, -0.05) is 0 Å². The number of rotatable bonds is 3. The largest absolute Gasteiger partial charge is 0.394 e. The van der Waals surface area contributed by atoms with Crippen molar-refractivity contribution >= 4 is 0 Å². The molecule has 16 heavy (non-hydrogen) atoms. The summed E-state index contributed by atoms with van der Waals surface area (Å²) in [6.45, 7) is 2.87. The fourth-order valence-electron chi connectivity index (χ4n) is 2.91. The van der Waals surface area contributed by atoms with Gasteiger partial charge in [0.05, 0.1) is 19.3 Å². The molecule has 4 heteroatoms. The van der Waals surface area contributed by atoms with Crippen molar-refractivity contribution in [1.82, 2.24) is 10.2 Å². The van der Waals surface area contributed by atoms with Gasteiger partial charge in [-0.3, -0.25) is 4.90 Å². The standard InChI is InChI=1S/C12H24N2O2/c1-13-10-2-4-11(5-3-10)14-6-7-16-12(8-14)9-15/h10-13,15H,2-9H2,1H3. The molecule has 0 aromatic carbocycles. The number of hydrogen-bond donors (Lipinski definition) is 2.